The van der Waals surface area contributed by atoms with Crippen LogP contribution in [0.25, 0.3) is 6.08 Å². The molecule has 1 saturated heterocycles. The third-order valence-electron chi connectivity index (χ3n) is 3.61. The van der Waals surface area contributed by atoms with Crippen LogP contribution < -0.4 is 9.80 Å². The molecule has 0 atom stereocenters. The van der Waals surface area contributed by atoms with Gasteiger partial charge in [-0.1, -0.05) is 47.7 Å². The van der Waals surface area contributed by atoms with Crippen LogP contribution >= 0.6 is 51.5 Å². The van der Waals surface area contributed by atoms with Gasteiger partial charge in [0, 0.05) is 23.6 Å². The Morgan fingerprint density at radius 3 is 2.64 bits per heavy atom. The van der Waals surface area contributed by atoms with Gasteiger partial charge in [-0.25, -0.2) is 0 Å². The Bertz CT molecular complexity index is 898. The highest BCUT2D eigenvalue weighted by Gasteiger charge is 2.33. The Morgan fingerprint density at radius 2 is 2.00 bits per heavy atom. The summed E-state index contributed by atoms with van der Waals surface area (Å²) in [6, 6.07) is 13.1. The molecule has 1 heterocycles. The van der Waals surface area contributed by atoms with E-state index in [4.69, 9.17) is 23.8 Å². The summed E-state index contributed by atoms with van der Waals surface area (Å²) >= 11 is 16.3. The van der Waals surface area contributed by atoms with Gasteiger partial charge in [0.25, 0.3) is 5.91 Å². The van der Waals surface area contributed by atoms with Gasteiger partial charge < -0.3 is 4.90 Å². The first kappa shape index (κ1) is 18.5. The zero-order chi connectivity index (χ0) is 18.1. The summed E-state index contributed by atoms with van der Waals surface area (Å²) in [5, 5.41) is 0.568. The highest BCUT2D eigenvalue weighted by atomic mass is 79.9. The minimum Gasteiger partial charge on any atom is -0.377 e. The first-order chi connectivity index (χ1) is 11.9. The molecule has 1 aliphatic heterocycles. The number of anilines is 2. The SMILES string of the molecule is CN(C)c1ccc(/C=C2/SC(=S)N(c3cccc(Cl)c3)C2=O)cc1Br. The van der Waals surface area contributed by atoms with E-state index in [1.165, 1.54) is 16.7 Å². The molecule has 0 N–H and O–H groups in total. The van der Waals surface area contributed by atoms with Crippen molar-refractivity contribution in [2.45, 2.75) is 0 Å². The van der Waals surface area contributed by atoms with Crippen molar-refractivity contribution in [1.29, 1.82) is 0 Å². The van der Waals surface area contributed by atoms with Crippen molar-refractivity contribution < 1.29 is 4.79 Å². The van der Waals surface area contributed by atoms with Gasteiger partial charge in [0.15, 0.2) is 4.32 Å². The molecule has 0 radical (unpaired) electrons. The summed E-state index contributed by atoms with van der Waals surface area (Å²) in [6.45, 7) is 0. The summed E-state index contributed by atoms with van der Waals surface area (Å²) in [5.41, 5.74) is 2.69. The van der Waals surface area contributed by atoms with E-state index in [0.29, 0.717) is 19.9 Å². The fourth-order valence-corrected chi connectivity index (χ4v) is 4.67. The molecule has 0 unspecified atom stereocenters. The Hall–Kier alpha value is -1.34. The monoisotopic (exact) mass is 452 g/mol. The van der Waals surface area contributed by atoms with Crippen molar-refractivity contribution in [3.63, 3.8) is 0 Å². The molecule has 128 valence electrons. The lowest BCUT2D eigenvalue weighted by Gasteiger charge is -2.15. The number of halogens is 2. The maximum atomic E-state index is 12.8. The predicted octanol–water partition coefficient (Wildman–Crippen LogP) is 5.57. The smallest absolute Gasteiger partial charge is 0.270 e. The number of thioether (sulfide) groups is 1. The molecular weight excluding hydrogens is 440 g/mol. The number of thiocarbonyl (C=S) groups is 1. The van der Waals surface area contributed by atoms with E-state index in [0.717, 1.165) is 15.7 Å². The van der Waals surface area contributed by atoms with Crippen molar-refractivity contribution >= 4 is 79.2 Å². The zero-order valence-corrected chi connectivity index (χ0v) is 17.5. The predicted molar refractivity (Wildman–Crippen MR) is 116 cm³/mol. The number of rotatable bonds is 3. The third-order valence-corrected chi connectivity index (χ3v) is 5.78. The largest absolute Gasteiger partial charge is 0.377 e. The highest BCUT2D eigenvalue weighted by Crippen LogP contribution is 2.37. The molecule has 7 heteroatoms. The molecule has 0 aromatic heterocycles. The van der Waals surface area contributed by atoms with E-state index in [1.807, 2.05) is 49.3 Å². The number of hydrogen-bond acceptors (Lipinski definition) is 4. The van der Waals surface area contributed by atoms with Gasteiger partial charge >= 0.3 is 0 Å². The lowest BCUT2D eigenvalue weighted by molar-refractivity contribution is -0.113. The molecule has 2 aromatic rings. The summed E-state index contributed by atoms with van der Waals surface area (Å²) in [6.07, 6.45) is 1.86. The van der Waals surface area contributed by atoms with Crippen LogP contribution in [-0.2, 0) is 4.79 Å². The maximum absolute atomic E-state index is 12.8. The Labute approximate surface area is 169 Å². The second-order valence-corrected chi connectivity index (χ2v) is 8.57. The molecule has 1 fully saturated rings. The summed E-state index contributed by atoms with van der Waals surface area (Å²) < 4.78 is 1.47. The zero-order valence-electron chi connectivity index (χ0n) is 13.5. The average molecular weight is 454 g/mol. The third kappa shape index (κ3) is 3.92. The van der Waals surface area contributed by atoms with Crippen molar-refractivity contribution in [3.8, 4) is 0 Å². The second kappa shape index (κ2) is 7.50. The number of carbonyl (C=O) groups is 1. The van der Waals surface area contributed by atoms with E-state index in [9.17, 15) is 4.79 Å². The number of carbonyl (C=O) groups excluding carboxylic acids is 1. The molecule has 3 nitrogen and oxygen atoms in total. The Kier molecular flexibility index (Phi) is 5.53. The quantitative estimate of drug-likeness (QED) is 0.447. The van der Waals surface area contributed by atoms with Crippen molar-refractivity contribution in [2.24, 2.45) is 0 Å². The molecule has 1 aliphatic rings. The molecule has 3 rings (SSSR count). The fraction of sp³-hybridized carbons (Fsp3) is 0.111. The molecule has 2 aromatic carbocycles. The number of hydrogen-bond donors (Lipinski definition) is 0. The summed E-state index contributed by atoms with van der Waals surface area (Å²) in [4.78, 5) is 16.9. The topological polar surface area (TPSA) is 23.6 Å². The van der Waals surface area contributed by atoms with Crippen LogP contribution in [0.15, 0.2) is 51.8 Å². The van der Waals surface area contributed by atoms with Gasteiger partial charge in [-0.2, -0.15) is 0 Å². The first-order valence-corrected chi connectivity index (χ1v) is 9.77. The summed E-state index contributed by atoms with van der Waals surface area (Å²) in [5.74, 6) is -0.134. The lowest BCUT2D eigenvalue weighted by Crippen LogP contribution is -2.27. The van der Waals surface area contributed by atoms with E-state index < -0.39 is 0 Å². The van der Waals surface area contributed by atoms with Crippen LogP contribution in [0.2, 0.25) is 5.02 Å². The van der Waals surface area contributed by atoms with Gasteiger partial charge in [-0.15, -0.1) is 0 Å². The van der Waals surface area contributed by atoms with Gasteiger partial charge in [0.2, 0.25) is 0 Å². The van der Waals surface area contributed by atoms with Crippen LogP contribution in [0, 0.1) is 0 Å². The van der Waals surface area contributed by atoms with Crippen LogP contribution in [0.1, 0.15) is 5.56 Å². The van der Waals surface area contributed by atoms with Crippen LogP contribution in [0.4, 0.5) is 11.4 Å². The van der Waals surface area contributed by atoms with E-state index in [2.05, 4.69) is 15.9 Å². The van der Waals surface area contributed by atoms with E-state index >= 15 is 0 Å². The molecule has 0 bridgehead atoms. The Balaban J connectivity index is 1.92. The van der Waals surface area contributed by atoms with E-state index in [1.54, 1.807) is 18.2 Å². The summed E-state index contributed by atoms with van der Waals surface area (Å²) in [7, 11) is 3.96. The van der Waals surface area contributed by atoms with Gasteiger partial charge in [-0.05, 0) is 57.9 Å². The van der Waals surface area contributed by atoms with Crippen LogP contribution in [0.5, 0.6) is 0 Å². The van der Waals surface area contributed by atoms with Crippen LogP contribution in [0.3, 0.4) is 0 Å². The molecule has 0 spiro atoms. The minimum absolute atomic E-state index is 0.134. The fourth-order valence-electron chi connectivity index (χ4n) is 2.43. The Morgan fingerprint density at radius 1 is 1.24 bits per heavy atom. The molecule has 1 amide bonds. The van der Waals surface area contributed by atoms with Gasteiger partial charge in [0.05, 0.1) is 16.3 Å². The maximum Gasteiger partial charge on any atom is 0.270 e. The van der Waals surface area contributed by atoms with Gasteiger partial charge in [-0.3, -0.25) is 9.69 Å². The number of benzene rings is 2. The minimum atomic E-state index is -0.134. The van der Waals surface area contributed by atoms with Crippen molar-refractivity contribution in [1.82, 2.24) is 0 Å². The molecule has 0 saturated carbocycles. The average Bonchev–Trinajstić information content (AvgIpc) is 2.81. The lowest BCUT2D eigenvalue weighted by atomic mass is 10.2. The standard InChI is InChI=1S/C18H14BrClN2OS2/c1-21(2)15-7-6-11(8-14(15)19)9-16-17(23)22(18(24)25-16)13-5-3-4-12(20)10-13/h3-10H,1-2H3/b16-9+. The van der Waals surface area contributed by atoms with Crippen LogP contribution in [-0.4, -0.2) is 24.3 Å². The second-order valence-electron chi connectivity index (χ2n) is 5.60. The number of nitrogens with zero attached hydrogens (tertiary/aromatic N) is 2. The molecule has 25 heavy (non-hydrogen) atoms. The molecule has 0 aliphatic carbocycles. The highest BCUT2D eigenvalue weighted by molar-refractivity contribution is 9.10. The number of amides is 1. The molecular formula is C18H14BrClN2OS2. The first-order valence-electron chi connectivity index (χ1n) is 7.37. The van der Waals surface area contributed by atoms with Gasteiger partial charge in [0.1, 0.15) is 0 Å². The van der Waals surface area contributed by atoms with Crippen molar-refractivity contribution in [2.75, 3.05) is 23.9 Å². The van der Waals surface area contributed by atoms with E-state index in [-0.39, 0.29) is 5.91 Å². The van der Waals surface area contributed by atoms with Crippen molar-refractivity contribution in [3.05, 3.63) is 62.4 Å². The normalized spacial score (nSPS) is 16.0.